The third-order valence-electron chi connectivity index (χ3n) is 1.65. The molecule has 0 heterocycles. The lowest BCUT2D eigenvalue weighted by atomic mass is 10.0. The predicted octanol–water partition coefficient (Wildman–Crippen LogP) is 1.34. The number of carbonyl (C=O) groups is 1. The summed E-state index contributed by atoms with van der Waals surface area (Å²) in [6, 6.07) is 0. The largest absolute Gasteiger partial charge is 0.330 e. The summed E-state index contributed by atoms with van der Waals surface area (Å²) in [5.74, 6) is 0.887. The van der Waals surface area contributed by atoms with Crippen LogP contribution in [0.1, 0.15) is 33.1 Å². The molecular weight excluding hydrogens is 126 g/mol. The summed E-state index contributed by atoms with van der Waals surface area (Å²) >= 11 is 0. The molecule has 0 radical (unpaired) electrons. The molecule has 0 spiro atoms. The van der Waals surface area contributed by atoms with Gasteiger partial charge in [-0.1, -0.05) is 6.92 Å². The molecule has 2 nitrogen and oxygen atoms in total. The third kappa shape index (κ3) is 5.76. The molecule has 0 aliphatic carbocycles. The maximum absolute atomic E-state index is 10.5. The normalized spacial score (nSPS) is 13.1. The van der Waals surface area contributed by atoms with Crippen molar-refractivity contribution in [1.29, 1.82) is 0 Å². The van der Waals surface area contributed by atoms with Gasteiger partial charge in [0.15, 0.2) is 0 Å². The van der Waals surface area contributed by atoms with Gasteiger partial charge in [-0.05, 0) is 32.2 Å². The first-order valence-corrected chi connectivity index (χ1v) is 3.86. The van der Waals surface area contributed by atoms with E-state index in [1.165, 1.54) is 0 Å². The molecule has 2 N–H and O–H groups in total. The van der Waals surface area contributed by atoms with E-state index in [1.54, 1.807) is 6.92 Å². The van der Waals surface area contributed by atoms with Gasteiger partial charge in [-0.25, -0.2) is 0 Å². The molecule has 0 amide bonds. The summed E-state index contributed by atoms with van der Waals surface area (Å²) in [5.41, 5.74) is 5.35. The standard InChI is InChI=1S/C8H17NO/c1-7(5-6-9)3-4-8(2)10/h7H,3-6,9H2,1-2H3. The Morgan fingerprint density at radius 3 is 2.50 bits per heavy atom. The second-order valence-electron chi connectivity index (χ2n) is 2.92. The van der Waals surface area contributed by atoms with Gasteiger partial charge in [0.25, 0.3) is 0 Å². The topological polar surface area (TPSA) is 43.1 Å². The van der Waals surface area contributed by atoms with Crippen molar-refractivity contribution in [3.8, 4) is 0 Å². The fourth-order valence-corrected chi connectivity index (χ4v) is 0.879. The first-order valence-electron chi connectivity index (χ1n) is 3.86. The molecule has 1 atom stereocenters. The van der Waals surface area contributed by atoms with E-state index in [-0.39, 0.29) is 5.78 Å². The first-order chi connectivity index (χ1) is 4.66. The Bertz CT molecular complexity index is 101. The number of ketones is 1. The summed E-state index contributed by atoms with van der Waals surface area (Å²) in [6.45, 7) is 4.50. The molecule has 0 aliphatic rings. The van der Waals surface area contributed by atoms with E-state index in [1.807, 2.05) is 0 Å². The highest BCUT2D eigenvalue weighted by molar-refractivity contribution is 5.75. The van der Waals surface area contributed by atoms with Crippen LogP contribution in [0, 0.1) is 5.92 Å². The molecule has 0 bridgehead atoms. The van der Waals surface area contributed by atoms with Gasteiger partial charge in [-0.3, -0.25) is 0 Å². The molecular formula is C8H17NO. The molecule has 1 unspecified atom stereocenters. The van der Waals surface area contributed by atoms with Crippen LogP contribution in [0.25, 0.3) is 0 Å². The Hall–Kier alpha value is -0.370. The Morgan fingerprint density at radius 2 is 2.10 bits per heavy atom. The lowest BCUT2D eigenvalue weighted by molar-refractivity contribution is -0.117. The number of rotatable bonds is 5. The SMILES string of the molecule is CC(=O)CCC(C)CCN. The summed E-state index contributed by atoms with van der Waals surface area (Å²) < 4.78 is 0. The van der Waals surface area contributed by atoms with Gasteiger partial charge in [-0.15, -0.1) is 0 Å². The lowest BCUT2D eigenvalue weighted by Crippen LogP contribution is -2.06. The minimum absolute atomic E-state index is 0.281. The van der Waals surface area contributed by atoms with Gasteiger partial charge in [-0.2, -0.15) is 0 Å². The van der Waals surface area contributed by atoms with Crippen molar-refractivity contribution in [3.63, 3.8) is 0 Å². The second-order valence-corrected chi connectivity index (χ2v) is 2.92. The van der Waals surface area contributed by atoms with E-state index in [9.17, 15) is 4.79 Å². The molecule has 0 saturated carbocycles. The molecule has 10 heavy (non-hydrogen) atoms. The predicted molar refractivity (Wildman–Crippen MR) is 42.8 cm³/mol. The van der Waals surface area contributed by atoms with Crippen molar-refractivity contribution in [2.45, 2.75) is 33.1 Å². The minimum Gasteiger partial charge on any atom is -0.330 e. The van der Waals surface area contributed by atoms with Crippen LogP contribution in [0.3, 0.4) is 0 Å². The molecule has 0 saturated heterocycles. The fraction of sp³-hybridized carbons (Fsp3) is 0.875. The summed E-state index contributed by atoms with van der Waals surface area (Å²) in [4.78, 5) is 10.5. The lowest BCUT2D eigenvalue weighted by Gasteiger charge is -2.06. The van der Waals surface area contributed by atoms with Crippen molar-refractivity contribution in [2.24, 2.45) is 11.7 Å². The van der Waals surface area contributed by atoms with E-state index in [0.717, 1.165) is 19.4 Å². The molecule has 0 aromatic carbocycles. The number of nitrogens with two attached hydrogens (primary N) is 1. The monoisotopic (exact) mass is 143 g/mol. The van der Waals surface area contributed by atoms with E-state index in [4.69, 9.17) is 5.73 Å². The molecule has 2 heteroatoms. The fourth-order valence-electron chi connectivity index (χ4n) is 0.879. The summed E-state index contributed by atoms with van der Waals surface area (Å²) in [6.07, 6.45) is 2.74. The Balaban J connectivity index is 3.21. The number of carbonyl (C=O) groups excluding carboxylic acids is 1. The highest BCUT2D eigenvalue weighted by Crippen LogP contribution is 2.08. The first kappa shape index (κ1) is 9.63. The van der Waals surface area contributed by atoms with Crippen LogP contribution in [0.4, 0.5) is 0 Å². The van der Waals surface area contributed by atoms with E-state index >= 15 is 0 Å². The van der Waals surface area contributed by atoms with Gasteiger partial charge in [0, 0.05) is 6.42 Å². The zero-order valence-electron chi connectivity index (χ0n) is 6.89. The van der Waals surface area contributed by atoms with Crippen molar-refractivity contribution >= 4 is 5.78 Å². The highest BCUT2D eigenvalue weighted by atomic mass is 16.1. The second kappa shape index (κ2) is 5.42. The van der Waals surface area contributed by atoms with Gasteiger partial charge in [0.1, 0.15) is 5.78 Å². The zero-order valence-corrected chi connectivity index (χ0v) is 6.89. The Kier molecular flexibility index (Phi) is 5.22. The maximum atomic E-state index is 10.5. The minimum atomic E-state index is 0.281. The molecule has 0 aromatic rings. The van der Waals surface area contributed by atoms with Crippen LogP contribution in [-0.4, -0.2) is 12.3 Å². The van der Waals surface area contributed by atoms with Crippen molar-refractivity contribution in [2.75, 3.05) is 6.54 Å². The molecule has 0 fully saturated rings. The van der Waals surface area contributed by atoms with E-state index in [2.05, 4.69) is 6.92 Å². The van der Waals surface area contributed by atoms with Crippen LogP contribution in [-0.2, 0) is 4.79 Å². The molecule has 0 rings (SSSR count). The van der Waals surface area contributed by atoms with Gasteiger partial charge in [0.05, 0.1) is 0 Å². The van der Waals surface area contributed by atoms with Gasteiger partial charge in [0.2, 0.25) is 0 Å². The maximum Gasteiger partial charge on any atom is 0.129 e. The van der Waals surface area contributed by atoms with Crippen LogP contribution in [0.2, 0.25) is 0 Å². The van der Waals surface area contributed by atoms with Gasteiger partial charge < -0.3 is 10.5 Å². The van der Waals surface area contributed by atoms with Crippen LogP contribution >= 0.6 is 0 Å². The Labute approximate surface area is 62.8 Å². The number of hydrogen-bond acceptors (Lipinski definition) is 2. The number of hydrogen-bond donors (Lipinski definition) is 1. The van der Waals surface area contributed by atoms with Gasteiger partial charge >= 0.3 is 0 Å². The summed E-state index contributed by atoms with van der Waals surface area (Å²) in [5, 5.41) is 0. The molecule has 0 aromatic heterocycles. The molecule has 60 valence electrons. The number of Topliss-reactive ketones (excluding diaryl/α,β-unsaturated/α-hetero) is 1. The van der Waals surface area contributed by atoms with E-state index < -0.39 is 0 Å². The third-order valence-corrected chi connectivity index (χ3v) is 1.65. The average Bonchev–Trinajstić information content (AvgIpc) is 1.85. The van der Waals surface area contributed by atoms with Crippen LogP contribution in [0.15, 0.2) is 0 Å². The van der Waals surface area contributed by atoms with E-state index in [0.29, 0.717) is 12.3 Å². The molecule has 0 aliphatic heterocycles. The smallest absolute Gasteiger partial charge is 0.129 e. The van der Waals surface area contributed by atoms with Crippen LogP contribution in [0.5, 0.6) is 0 Å². The summed E-state index contributed by atoms with van der Waals surface area (Å²) in [7, 11) is 0. The average molecular weight is 143 g/mol. The van der Waals surface area contributed by atoms with Crippen molar-refractivity contribution in [3.05, 3.63) is 0 Å². The zero-order chi connectivity index (χ0) is 7.98. The van der Waals surface area contributed by atoms with Crippen molar-refractivity contribution < 1.29 is 4.79 Å². The van der Waals surface area contributed by atoms with Crippen LogP contribution < -0.4 is 5.73 Å². The Morgan fingerprint density at radius 1 is 1.50 bits per heavy atom. The van der Waals surface area contributed by atoms with Crippen molar-refractivity contribution in [1.82, 2.24) is 0 Å². The highest BCUT2D eigenvalue weighted by Gasteiger charge is 2.01. The quantitative estimate of drug-likeness (QED) is 0.631.